The SMILES string of the molecule is N#CC1(c2ccccc2)CCN(C(=O)Nc2ccc(Br)cc2Br)CC1. The molecule has 2 aromatic rings. The maximum Gasteiger partial charge on any atom is 0.321 e. The highest BCUT2D eigenvalue weighted by Crippen LogP contribution is 2.35. The van der Waals surface area contributed by atoms with E-state index in [0.717, 1.165) is 20.2 Å². The molecule has 0 saturated carbocycles. The quantitative estimate of drug-likeness (QED) is 0.658. The van der Waals surface area contributed by atoms with Gasteiger partial charge in [-0.1, -0.05) is 46.3 Å². The molecule has 4 nitrogen and oxygen atoms in total. The average molecular weight is 463 g/mol. The number of nitrogens with zero attached hydrogens (tertiary/aromatic N) is 2. The number of carbonyl (C=O) groups is 1. The zero-order chi connectivity index (χ0) is 17.9. The molecule has 1 saturated heterocycles. The van der Waals surface area contributed by atoms with Crippen LogP contribution in [0.3, 0.4) is 0 Å². The van der Waals surface area contributed by atoms with E-state index in [9.17, 15) is 10.1 Å². The van der Waals surface area contributed by atoms with E-state index in [2.05, 4.69) is 43.2 Å². The summed E-state index contributed by atoms with van der Waals surface area (Å²) in [5.74, 6) is 0. The standard InChI is InChI=1S/C19H17Br2N3O/c20-15-6-7-17(16(21)12-15)23-18(25)24-10-8-19(13-22,9-11-24)14-4-2-1-3-5-14/h1-7,12H,8-11H2,(H,23,25). The third-order valence-electron chi connectivity index (χ3n) is 4.62. The first kappa shape index (κ1) is 18.0. The molecule has 1 fully saturated rings. The minimum absolute atomic E-state index is 0.136. The second-order valence-corrected chi connectivity index (χ2v) is 7.87. The highest BCUT2D eigenvalue weighted by molar-refractivity contribution is 9.11. The van der Waals surface area contributed by atoms with Crippen molar-refractivity contribution in [2.45, 2.75) is 18.3 Å². The maximum atomic E-state index is 12.5. The van der Waals surface area contributed by atoms with Crippen molar-refractivity contribution in [2.75, 3.05) is 18.4 Å². The lowest BCUT2D eigenvalue weighted by molar-refractivity contribution is 0.183. The number of halogens is 2. The van der Waals surface area contributed by atoms with Crippen LogP contribution in [0.15, 0.2) is 57.5 Å². The summed E-state index contributed by atoms with van der Waals surface area (Å²) in [6, 6.07) is 17.8. The van der Waals surface area contributed by atoms with Crippen molar-refractivity contribution in [3.05, 3.63) is 63.0 Å². The van der Waals surface area contributed by atoms with Crippen LogP contribution in [0.4, 0.5) is 10.5 Å². The Balaban J connectivity index is 1.67. The monoisotopic (exact) mass is 461 g/mol. The van der Waals surface area contributed by atoms with Crippen LogP contribution in [0.5, 0.6) is 0 Å². The summed E-state index contributed by atoms with van der Waals surface area (Å²) in [7, 11) is 0. The van der Waals surface area contributed by atoms with Crippen LogP contribution in [-0.4, -0.2) is 24.0 Å². The third-order valence-corrected chi connectivity index (χ3v) is 5.77. The van der Waals surface area contributed by atoms with E-state index in [1.54, 1.807) is 4.90 Å². The Hall–Kier alpha value is -1.84. The van der Waals surface area contributed by atoms with Crippen LogP contribution in [0, 0.1) is 11.3 Å². The summed E-state index contributed by atoms with van der Waals surface area (Å²) < 4.78 is 1.76. The van der Waals surface area contributed by atoms with Crippen molar-refractivity contribution in [1.29, 1.82) is 5.26 Å². The molecule has 2 aromatic carbocycles. The van der Waals surface area contributed by atoms with Gasteiger partial charge in [0, 0.05) is 22.0 Å². The number of nitriles is 1. The fourth-order valence-electron chi connectivity index (χ4n) is 3.10. The number of nitrogens with one attached hydrogen (secondary N) is 1. The molecule has 0 spiro atoms. The Kier molecular flexibility index (Phi) is 5.45. The molecule has 1 N–H and O–H groups in total. The van der Waals surface area contributed by atoms with Crippen LogP contribution in [0.1, 0.15) is 18.4 Å². The number of piperidine rings is 1. The number of carbonyl (C=O) groups excluding carboxylic acids is 1. The first-order valence-electron chi connectivity index (χ1n) is 8.02. The molecule has 0 aliphatic carbocycles. The molecule has 1 aliphatic heterocycles. The molecule has 0 unspecified atom stereocenters. The van der Waals surface area contributed by atoms with E-state index in [-0.39, 0.29) is 6.03 Å². The number of hydrogen-bond acceptors (Lipinski definition) is 2. The van der Waals surface area contributed by atoms with Crippen LogP contribution in [0.25, 0.3) is 0 Å². The number of amides is 2. The first-order chi connectivity index (χ1) is 12.0. The van der Waals surface area contributed by atoms with E-state index in [0.29, 0.717) is 25.9 Å². The maximum absolute atomic E-state index is 12.5. The fourth-order valence-corrected chi connectivity index (χ4v) is 4.25. The molecular weight excluding hydrogens is 446 g/mol. The Labute approximate surface area is 164 Å². The molecule has 128 valence electrons. The zero-order valence-corrected chi connectivity index (χ0v) is 16.7. The lowest BCUT2D eigenvalue weighted by atomic mass is 9.74. The highest BCUT2D eigenvalue weighted by Gasteiger charge is 2.37. The Morgan fingerprint density at radius 2 is 1.80 bits per heavy atom. The zero-order valence-electron chi connectivity index (χ0n) is 13.5. The average Bonchev–Trinajstić information content (AvgIpc) is 2.65. The summed E-state index contributed by atoms with van der Waals surface area (Å²) in [6.45, 7) is 1.12. The minimum Gasteiger partial charge on any atom is -0.324 e. The molecule has 3 rings (SSSR count). The van der Waals surface area contributed by atoms with Gasteiger partial charge in [0.05, 0.1) is 17.2 Å². The number of rotatable bonds is 2. The summed E-state index contributed by atoms with van der Waals surface area (Å²) in [5, 5.41) is 12.7. The van der Waals surface area contributed by atoms with E-state index in [4.69, 9.17) is 0 Å². The van der Waals surface area contributed by atoms with E-state index >= 15 is 0 Å². The molecule has 2 amide bonds. The van der Waals surface area contributed by atoms with E-state index < -0.39 is 5.41 Å². The summed E-state index contributed by atoms with van der Waals surface area (Å²) in [4.78, 5) is 14.3. The van der Waals surface area contributed by atoms with Gasteiger partial charge in [0.25, 0.3) is 0 Å². The minimum atomic E-state index is -0.504. The number of hydrogen-bond donors (Lipinski definition) is 1. The van der Waals surface area contributed by atoms with Crippen molar-refractivity contribution in [3.63, 3.8) is 0 Å². The van der Waals surface area contributed by atoms with Crippen molar-refractivity contribution < 1.29 is 4.79 Å². The van der Waals surface area contributed by atoms with Gasteiger partial charge in [-0.25, -0.2) is 4.79 Å². The molecule has 0 radical (unpaired) electrons. The molecule has 1 aliphatic rings. The molecular formula is C19H17Br2N3O. The largest absolute Gasteiger partial charge is 0.324 e. The Bertz CT molecular complexity index is 809. The highest BCUT2D eigenvalue weighted by atomic mass is 79.9. The van der Waals surface area contributed by atoms with Gasteiger partial charge in [0.15, 0.2) is 0 Å². The van der Waals surface area contributed by atoms with Crippen molar-refractivity contribution in [2.24, 2.45) is 0 Å². The molecule has 0 bridgehead atoms. The van der Waals surface area contributed by atoms with Crippen LogP contribution >= 0.6 is 31.9 Å². The predicted molar refractivity (Wildman–Crippen MR) is 105 cm³/mol. The molecule has 0 atom stereocenters. The molecule has 0 aromatic heterocycles. The molecule has 1 heterocycles. The second-order valence-electron chi connectivity index (χ2n) is 6.10. The Morgan fingerprint density at radius 3 is 2.40 bits per heavy atom. The summed E-state index contributed by atoms with van der Waals surface area (Å²) >= 11 is 6.85. The van der Waals surface area contributed by atoms with E-state index in [1.165, 1.54) is 0 Å². The topological polar surface area (TPSA) is 56.1 Å². The van der Waals surface area contributed by atoms with Gasteiger partial charge < -0.3 is 10.2 Å². The number of likely N-dealkylation sites (tertiary alicyclic amines) is 1. The molecule has 25 heavy (non-hydrogen) atoms. The van der Waals surface area contributed by atoms with Crippen LogP contribution in [0.2, 0.25) is 0 Å². The van der Waals surface area contributed by atoms with Gasteiger partial charge in [-0.05, 0) is 52.5 Å². The smallest absolute Gasteiger partial charge is 0.321 e. The first-order valence-corrected chi connectivity index (χ1v) is 9.60. The molecule has 6 heteroatoms. The van der Waals surface area contributed by atoms with Crippen molar-refractivity contribution in [1.82, 2.24) is 4.90 Å². The van der Waals surface area contributed by atoms with Gasteiger partial charge in [0.1, 0.15) is 0 Å². The predicted octanol–water partition coefficient (Wildman–Crippen LogP) is 5.30. The number of urea groups is 1. The van der Waals surface area contributed by atoms with Gasteiger partial charge in [-0.15, -0.1) is 0 Å². The van der Waals surface area contributed by atoms with Crippen molar-refractivity contribution >= 4 is 43.6 Å². The Morgan fingerprint density at radius 1 is 1.12 bits per heavy atom. The van der Waals surface area contributed by atoms with Crippen molar-refractivity contribution in [3.8, 4) is 6.07 Å². The second kappa shape index (κ2) is 7.59. The summed E-state index contributed by atoms with van der Waals surface area (Å²) in [5.41, 5.74) is 1.26. The lowest BCUT2D eigenvalue weighted by Gasteiger charge is -2.37. The third kappa shape index (κ3) is 3.88. The van der Waals surface area contributed by atoms with Gasteiger partial charge in [-0.3, -0.25) is 0 Å². The number of benzene rings is 2. The summed E-state index contributed by atoms with van der Waals surface area (Å²) in [6.07, 6.45) is 1.28. The van der Waals surface area contributed by atoms with Gasteiger partial charge in [-0.2, -0.15) is 5.26 Å². The van der Waals surface area contributed by atoms with Gasteiger partial charge in [0.2, 0.25) is 0 Å². The van der Waals surface area contributed by atoms with Crippen LogP contribution in [-0.2, 0) is 5.41 Å². The number of anilines is 1. The lowest BCUT2D eigenvalue weighted by Crippen LogP contribution is -2.46. The fraction of sp³-hybridized carbons (Fsp3) is 0.263. The van der Waals surface area contributed by atoms with E-state index in [1.807, 2.05) is 48.5 Å². The normalized spacial score (nSPS) is 16.1. The van der Waals surface area contributed by atoms with Crippen LogP contribution < -0.4 is 5.32 Å². The van der Waals surface area contributed by atoms with Gasteiger partial charge >= 0.3 is 6.03 Å².